The van der Waals surface area contributed by atoms with Gasteiger partial charge in [0.05, 0.1) is 12.2 Å². The summed E-state index contributed by atoms with van der Waals surface area (Å²) < 4.78 is 39.0. The minimum atomic E-state index is -4.47. The van der Waals surface area contributed by atoms with Gasteiger partial charge in [0.2, 0.25) is 0 Å². The molecule has 7 nitrogen and oxygen atoms in total. The molecule has 2 aliphatic rings. The number of alkyl halides is 3. The second-order valence-corrected chi connectivity index (χ2v) is 8.83. The molecule has 0 spiro atoms. The zero-order valence-electron chi connectivity index (χ0n) is 16.0. The van der Waals surface area contributed by atoms with Gasteiger partial charge in [-0.1, -0.05) is 29.8 Å². The van der Waals surface area contributed by atoms with Gasteiger partial charge in [-0.25, -0.2) is 9.69 Å². The molecule has 12 heteroatoms. The van der Waals surface area contributed by atoms with Gasteiger partial charge < -0.3 is 5.32 Å². The number of rotatable bonds is 3. The van der Waals surface area contributed by atoms with E-state index in [1.165, 1.54) is 30.4 Å². The Morgan fingerprint density at radius 1 is 1.19 bits per heavy atom. The molecule has 1 aromatic carbocycles. The fraction of sp³-hybridized carbons (Fsp3) is 0.200. The molecule has 0 bridgehead atoms. The molecule has 0 radical (unpaired) electrons. The molecule has 2 aromatic heterocycles. The number of urea groups is 1. The summed E-state index contributed by atoms with van der Waals surface area (Å²) in [7, 11) is 0. The molecule has 5 rings (SSSR count). The van der Waals surface area contributed by atoms with Crippen LogP contribution in [0.2, 0.25) is 5.02 Å². The van der Waals surface area contributed by atoms with Gasteiger partial charge >= 0.3 is 12.2 Å². The van der Waals surface area contributed by atoms with Gasteiger partial charge in [-0.05, 0) is 12.1 Å². The highest BCUT2D eigenvalue weighted by molar-refractivity contribution is 8.09. The Hall–Kier alpha value is -3.05. The van der Waals surface area contributed by atoms with E-state index in [9.17, 15) is 22.8 Å². The van der Waals surface area contributed by atoms with E-state index in [-0.39, 0.29) is 16.6 Å². The number of hydrogen-bond donors (Lipinski definition) is 1. The number of nitrogens with zero attached hydrogens (tertiary/aromatic N) is 4. The van der Waals surface area contributed by atoms with Gasteiger partial charge in [0.1, 0.15) is 23.0 Å². The van der Waals surface area contributed by atoms with Crippen LogP contribution >= 0.6 is 23.4 Å². The van der Waals surface area contributed by atoms with Crippen LogP contribution in [0.5, 0.6) is 0 Å². The quantitative estimate of drug-likeness (QED) is 0.608. The molecule has 32 heavy (non-hydrogen) atoms. The summed E-state index contributed by atoms with van der Waals surface area (Å²) in [5, 5.41) is 6.86. The van der Waals surface area contributed by atoms with Crippen molar-refractivity contribution in [2.24, 2.45) is 0 Å². The van der Waals surface area contributed by atoms with E-state index in [0.717, 1.165) is 15.4 Å². The third-order valence-corrected chi connectivity index (χ3v) is 6.72. The number of carbonyl (C=O) groups is 2. The molecule has 2 unspecified atom stereocenters. The van der Waals surface area contributed by atoms with Crippen molar-refractivity contribution in [1.29, 1.82) is 0 Å². The van der Waals surface area contributed by atoms with Crippen LogP contribution in [-0.2, 0) is 11.3 Å². The monoisotopic (exact) mass is 479 g/mol. The lowest BCUT2D eigenvalue weighted by Crippen LogP contribution is -2.60. The molecular weight excluding hydrogens is 467 g/mol. The standard InChI is InChI=1S/C20H13ClF3N5O2S/c21-12-4-2-1-3-11(12)15-5-13-17(32-15)18(30)29(19(31)26-13)14-7-25-6-10-8-28(27-16(10)14)9-20(22,23)24/h1-8,13,17H,9H2,(H,26,31). The van der Waals surface area contributed by atoms with Crippen LogP contribution in [0.1, 0.15) is 5.56 Å². The minimum Gasteiger partial charge on any atom is -0.329 e. The smallest absolute Gasteiger partial charge is 0.329 e. The fourth-order valence-corrected chi connectivity index (χ4v) is 5.30. The summed E-state index contributed by atoms with van der Waals surface area (Å²) >= 11 is 7.53. The van der Waals surface area contributed by atoms with E-state index in [0.29, 0.717) is 9.70 Å². The molecule has 2 atom stereocenters. The molecule has 0 aliphatic carbocycles. The maximum Gasteiger partial charge on any atom is 0.408 e. The Balaban J connectivity index is 1.48. The van der Waals surface area contributed by atoms with Crippen LogP contribution in [0, 0.1) is 0 Å². The van der Waals surface area contributed by atoms with Crippen LogP contribution < -0.4 is 10.2 Å². The highest BCUT2D eigenvalue weighted by atomic mass is 35.5. The lowest BCUT2D eigenvalue weighted by atomic mass is 10.1. The van der Waals surface area contributed by atoms with Crippen LogP contribution in [-0.4, -0.2) is 44.2 Å². The number of amides is 3. The second kappa shape index (κ2) is 7.52. The maximum absolute atomic E-state index is 13.3. The average molecular weight is 480 g/mol. The van der Waals surface area contributed by atoms with Crippen LogP contribution in [0.25, 0.3) is 15.8 Å². The number of thioether (sulfide) groups is 1. The van der Waals surface area contributed by atoms with Crippen molar-refractivity contribution in [3.05, 3.63) is 59.5 Å². The van der Waals surface area contributed by atoms with Crippen LogP contribution in [0.4, 0.5) is 23.7 Å². The molecule has 164 valence electrons. The van der Waals surface area contributed by atoms with Crippen LogP contribution in [0.3, 0.4) is 0 Å². The van der Waals surface area contributed by atoms with Crippen molar-refractivity contribution in [2.45, 2.75) is 24.0 Å². The van der Waals surface area contributed by atoms with Crippen LogP contribution in [0.15, 0.2) is 48.9 Å². The number of hydrogen-bond acceptors (Lipinski definition) is 5. The Labute approximate surface area is 188 Å². The minimum absolute atomic E-state index is 0.0242. The summed E-state index contributed by atoms with van der Waals surface area (Å²) in [5.41, 5.74) is 0.849. The third-order valence-electron chi connectivity index (χ3n) is 5.03. The number of fused-ring (bicyclic) bond motifs is 2. The fourth-order valence-electron chi connectivity index (χ4n) is 3.71. The average Bonchev–Trinajstić information content (AvgIpc) is 3.31. The lowest BCUT2D eigenvalue weighted by Gasteiger charge is -2.32. The van der Waals surface area contributed by atoms with E-state index in [4.69, 9.17) is 11.6 Å². The van der Waals surface area contributed by atoms with Crippen molar-refractivity contribution in [3.8, 4) is 0 Å². The summed E-state index contributed by atoms with van der Waals surface area (Å²) in [6.07, 6.45) is 1.06. The van der Waals surface area contributed by atoms with E-state index in [1.807, 2.05) is 12.1 Å². The van der Waals surface area contributed by atoms with Gasteiger partial charge in [-0.3, -0.25) is 14.5 Å². The highest BCUT2D eigenvalue weighted by Gasteiger charge is 2.46. The second-order valence-electron chi connectivity index (χ2n) is 7.24. The number of anilines is 1. The number of aromatic nitrogens is 3. The predicted molar refractivity (Wildman–Crippen MR) is 114 cm³/mol. The lowest BCUT2D eigenvalue weighted by molar-refractivity contribution is -0.142. The number of nitrogens with one attached hydrogen (secondary N) is 1. The molecule has 3 amide bonds. The molecule has 1 N–H and O–H groups in total. The Kier molecular flexibility index (Phi) is 4.90. The third kappa shape index (κ3) is 3.61. The zero-order valence-corrected chi connectivity index (χ0v) is 17.6. The zero-order chi connectivity index (χ0) is 22.6. The van der Waals surface area contributed by atoms with Crippen molar-refractivity contribution >= 4 is 56.8 Å². The van der Waals surface area contributed by atoms with Gasteiger partial charge in [-0.2, -0.15) is 18.3 Å². The molecular formula is C20H13ClF3N5O2S. The predicted octanol–water partition coefficient (Wildman–Crippen LogP) is 4.23. The number of pyridine rings is 1. The van der Waals surface area contributed by atoms with Crippen molar-refractivity contribution in [2.75, 3.05) is 4.90 Å². The first-order valence-electron chi connectivity index (χ1n) is 9.37. The van der Waals surface area contributed by atoms with Gasteiger partial charge in [-0.15, -0.1) is 11.8 Å². The number of benzene rings is 1. The summed E-state index contributed by atoms with van der Waals surface area (Å²) in [6.45, 7) is -1.30. The Bertz CT molecular complexity index is 1290. The molecule has 1 saturated heterocycles. The largest absolute Gasteiger partial charge is 0.408 e. The van der Waals surface area contributed by atoms with E-state index in [2.05, 4.69) is 15.4 Å². The Morgan fingerprint density at radius 2 is 1.97 bits per heavy atom. The Morgan fingerprint density at radius 3 is 2.72 bits per heavy atom. The number of imide groups is 1. The van der Waals surface area contributed by atoms with E-state index < -0.39 is 36.0 Å². The number of carbonyl (C=O) groups excluding carboxylic acids is 2. The first-order valence-corrected chi connectivity index (χ1v) is 10.6. The summed E-state index contributed by atoms with van der Waals surface area (Å²) in [4.78, 5) is 31.7. The molecule has 1 fully saturated rings. The van der Waals surface area contributed by atoms with E-state index in [1.54, 1.807) is 18.2 Å². The highest BCUT2D eigenvalue weighted by Crippen LogP contribution is 2.44. The topological polar surface area (TPSA) is 80.1 Å². The molecule has 4 heterocycles. The van der Waals surface area contributed by atoms with Gasteiger partial charge in [0, 0.05) is 33.3 Å². The summed E-state index contributed by atoms with van der Waals surface area (Å²) in [5.74, 6) is -0.512. The maximum atomic E-state index is 13.3. The first kappa shape index (κ1) is 20.8. The SMILES string of the molecule is O=C1NC2C=C(c3ccccc3Cl)SC2C(=O)N1c1cncc2cn(CC(F)(F)F)nc12. The van der Waals surface area contributed by atoms with Crippen molar-refractivity contribution < 1.29 is 22.8 Å². The molecule has 3 aromatic rings. The van der Waals surface area contributed by atoms with Gasteiger partial charge in [0.25, 0.3) is 5.91 Å². The van der Waals surface area contributed by atoms with Gasteiger partial charge in [0.15, 0.2) is 0 Å². The molecule has 0 saturated carbocycles. The van der Waals surface area contributed by atoms with E-state index >= 15 is 0 Å². The normalized spacial score (nSPS) is 21.0. The first-order chi connectivity index (χ1) is 15.2. The summed E-state index contributed by atoms with van der Waals surface area (Å²) in [6, 6.07) is 5.92. The van der Waals surface area contributed by atoms with Crippen molar-refractivity contribution in [3.63, 3.8) is 0 Å². The van der Waals surface area contributed by atoms with Crippen molar-refractivity contribution in [1.82, 2.24) is 20.1 Å². The molecule has 2 aliphatic heterocycles. The number of halogens is 4.